The van der Waals surface area contributed by atoms with Gasteiger partial charge in [-0.1, -0.05) is 0 Å². The Bertz CT molecular complexity index is 266. The number of rotatable bonds is 2. The molecule has 0 rings (SSSR count). The van der Waals surface area contributed by atoms with Crippen molar-refractivity contribution in [3.63, 3.8) is 0 Å². The Kier molecular flexibility index (Phi) is 2.41. The van der Waals surface area contributed by atoms with Crippen molar-refractivity contribution in [1.82, 2.24) is 0 Å². The number of hydrogen-bond acceptors (Lipinski definition) is 5. The molecule has 0 aliphatic heterocycles. The first-order chi connectivity index (χ1) is 3.81. The molecular weight excluding hydrogens is 196 g/mol. The zero-order valence-corrected chi connectivity index (χ0v) is 6.07. The van der Waals surface area contributed by atoms with Crippen LogP contribution in [0.25, 0.3) is 0 Å². The summed E-state index contributed by atoms with van der Waals surface area (Å²) in [5, 5.41) is 0. The maximum atomic E-state index is 9.83. The summed E-state index contributed by atoms with van der Waals surface area (Å²) >= 11 is 4.15. The highest BCUT2D eigenvalue weighted by Crippen LogP contribution is 2.03. The highest BCUT2D eigenvalue weighted by atomic mass is 35.5. The molecule has 0 fully saturated rings. The summed E-state index contributed by atoms with van der Waals surface area (Å²) in [6, 6.07) is 0. The molecule has 0 amide bonds. The highest BCUT2D eigenvalue weighted by molar-refractivity contribution is 8.63. The van der Waals surface area contributed by atoms with E-state index in [1.807, 2.05) is 0 Å². The van der Waals surface area contributed by atoms with Gasteiger partial charge in [0.2, 0.25) is 0 Å². The Morgan fingerprint density at radius 2 is 1.56 bits per heavy atom. The summed E-state index contributed by atoms with van der Waals surface area (Å²) in [4.78, 5) is 0. The third kappa shape index (κ3) is 2.06. The lowest BCUT2D eigenvalue weighted by molar-refractivity contribution is 0.472. The Morgan fingerprint density at radius 1 is 1.22 bits per heavy atom. The van der Waals surface area contributed by atoms with Crippen molar-refractivity contribution in [2.75, 3.05) is 0 Å². The van der Waals surface area contributed by atoms with Gasteiger partial charge in [-0.2, -0.15) is 16.8 Å². The Hall–Kier alpha value is 0.110. The van der Waals surface area contributed by atoms with Crippen molar-refractivity contribution in [3.8, 4) is 0 Å². The quantitative estimate of drug-likeness (QED) is 0.463. The van der Waals surface area contributed by atoms with Gasteiger partial charge < -0.3 is 0 Å². The molecule has 0 atom stereocenters. The molecule has 56 valence electrons. The van der Waals surface area contributed by atoms with Gasteiger partial charge in [-0.25, -0.2) is 0 Å². The van der Waals surface area contributed by atoms with Crippen LogP contribution in [-0.2, 0) is 22.0 Å². The summed E-state index contributed by atoms with van der Waals surface area (Å²) in [5.41, 5.74) is 0. The van der Waals surface area contributed by atoms with Crippen LogP contribution < -0.4 is 0 Å². The molecule has 0 saturated carbocycles. The Labute approximate surface area is 55.8 Å². The standard InChI is InChI=1S/ClHO6S2/c1-7-9(5,6)8(2,3)4/h(H,2,3,4). The van der Waals surface area contributed by atoms with E-state index >= 15 is 0 Å². The predicted molar refractivity (Wildman–Crippen MR) is 27.4 cm³/mol. The minimum atomic E-state index is -5.23. The molecule has 0 aromatic heterocycles. The van der Waals surface area contributed by atoms with E-state index in [0.717, 1.165) is 0 Å². The lowest BCUT2D eigenvalue weighted by atomic mass is 15.8. The van der Waals surface area contributed by atoms with Crippen LogP contribution in [0.2, 0.25) is 0 Å². The molecule has 0 aliphatic carbocycles. The van der Waals surface area contributed by atoms with Gasteiger partial charge in [-0.05, 0) is 0 Å². The molecule has 0 heterocycles. The molecule has 9 heteroatoms. The normalized spacial score (nSPS) is 13.6. The molecular formula is HClO6S2. The van der Waals surface area contributed by atoms with Crippen molar-refractivity contribution in [2.24, 2.45) is 0 Å². The van der Waals surface area contributed by atoms with Gasteiger partial charge in [0.15, 0.2) is 0 Å². The minimum absolute atomic E-state index is 2.91. The van der Waals surface area contributed by atoms with Gasteiger partial charge >= 0.3 is 18.3 Å². The summed E-state index contributed by atoms with van der Waals surface area (Å²) in [6.07, 6.45) is 0. The average Bonchev–Trinajstić information content (AvgIpc) is 1.64. The van der Waals surface area contributed by atoms with E-state index in [1.54, 1.807) is 0 Å². The van der Waals surface area contributed by atoms with E-state index in [1.165, 1.54) is 0 Å². The second-order valence-corrected chi connectivity index (χ2v) is 5.56. The van der Waals surface area contributed by atoms with Crippen LogP contribution in [0.5, 0.6) is 0 Å². The molecule has 0 radical (unpaired) electrons. The summed E-state index contributed by atoms with van der Waals surface area (Å²) in [6.45, 7) is 0. The summed E-state index contributed by atoms with van der Waals surface area (Å²) in [5.74, 6) is 0. The predicted octanol–water partition coefficient (Wildman–Crippen LogP) is -0.711. The molecule has 6 nitrogen and oxygen atoms in total. The molecule has 0 spiro atoms. The van der Waals surface area contributed by atoms with E-state index in [2.05, 4.69) is 15.6 Å². The third-order valence-corrected chi connectivity index (χ3v) is 3.48. The highest BCUT2D eigenvalue weighted by Gasteiger charge is 2.27. The van der Waals surface area contributed by atoms with Crippen molar-refractivity contribution in [2.45, 2.75) is 0 Å². The van der Waals surface area contributed by atoms with Gasteiger partial charge in [-0.3, -0.25) is 4.55 Å². The molecule has 0 saturated heterocycles. The molecule has 0 bridgehead atoms. The Morgan fingerprint density at radius 3 is 1.56 bits per heavy atom. The molecule has 9 heavy (non-hydrogen) atoms. The second kappa shape index (κ2) is 2.39. The molecule has 0 aliphatic rings. The molecule has 0 unspecified atom stereocenters. The van der Waals surface area contributed by atoms with E-state index in [9.17, 15) is 16.8 Å². The fourth-order valence-corrected chi connectivity index (χ4v) is 0.877. The lowest BCUT2D eigenvalue weighted by Crippen LogP contribution is -2.13. The lowest BCUT2D eigenvalue weighted by Gasteiger charge is -1.89. The topological polar surface area (TPSA) is 97.7 Å². The van der Waals surface area contributed by atoms with Crippen LogP contribution in [-0.4, -0.2) is 21.4 Å². The molecule has 0 aromatic rings. The van der Waals surface area contributed by atoms with Gasteiger partial charge in [0.05, 0.1) is 11.9 Å². The van der Waals surface area contributed by atoms with Crippen LogP contribution in [0.3, 0.4) is 0 Å². The van der Waals surface area contributed by atoms with E-state index in [-0.39, 0.29) is 0 Å². The summed E-state index contributed by atoms with van der Waals surface area (Å²) < 4.78 is 49.6. The van der Waals surface area contributed by atoms with Gasteiger partial charge in [0.25, 0.3) is 0 Å². The number of halogens is 1. The fraction of sp³-hybridized carbons (Fsp3) is 0. The first kappa shape index (κ1) is 9.11. The van der Waals surface area contributed by atoms with Crippen molar-refractivity contribution < 1.29 is 25.1 Å². The van der Waals surface area contributed by atoms with E-state index < -0.39 is 18.3 Å². The van der Waals surface area contributed by atoms with Crippen molar-refractivity contribution in [1.29, 1.82) is 0 Å². The third-order valence-electron chi connectivity index (χ3n) is 0.335. The first-order valence-electron chi connectivity index (χ1n) is 1.34. The first-order valence-corrected chi connectivity index (χ1v) is 5.01. The van der Waals surface area contributed by atoms with Gasteiger partial charge in [0, 0.05) is 0 Å². The molecule has 0 aromatic carbocycles. The van der Waals surface area contributed by atoms with E-state index in [0.29, 0.717) is 0 Å². The van der Waals surface area contributed by atoms with Gasteiger partial charge in [-0.15, -0.1) is 3.74 Å². The number of hydrogen-bond donors (Lipinski definition) is 1. The Balaban J connectivity index is 5.07. The SMILES string of the molecule is O=S(=O)(O)S(=O)(=O)OCl. The van der Waals surface area contributed by atoms with Crippen LogP contribution in [0.15, 0.2) is 0 Å². The minimum Gasteiger partial charge on any atom is -0.272 e. The van der Waals surface area contributed by atoms with Gasteiger partial charge in [0.1, 0.15) is 0 Å². The summed E-state index contributed by atoms with van der Waals surface area (Å²) in [7, 11) is -10.3. The maximum Gasteiger partial charge on any atom is 0.415 e. The smallest absolute Gasteiger partial charge is 0.272 e. The zero-order chi connectivity index (χ0) is 7.71. The van der Waals surface area contributed by atoms with Crippen LogP contribution in [0.1, 0.15) is 0 Å². The van der Waals surface area contributed by atoms with Crippen LogP contribution in [0, 0.1) is 0 Å². The van der Waals surface area contributed by atoms with Crippen molar-refractivity contribution >= 4 is 30.2 Å². The van der Waals surface area contributed by atoms with Crippen molar-refractivity contribution in [3.05, 3.63) is 0 Å². The van der Waals surface area contributed by atoms with Crippen LogP contribution >= 0.6 is 11.9 Å². The monoisotopic (exact) mass is 196 g/mol. The largest absolute Gasteiger partial charge is 0.415 e. The van der Waals surface area contributed by atoms with E-state index in [4.69, 9.17) is 4.55 Å². The average molecular weight is 197 g/mol. The zero-order valence-electron chi connectivity index (χ0n) is 3.68. The molecule has 1 N–H and O–H groups in total. The fourth-order valence-electron chi connectivity index (χ4n) is 0.0325. The second-order valence-electron chi connectivity index (χ2n) is 0.899. The van der Waals surface area contributed by atoms with Crippen LogP contribution in [0.4, 0.5) is 0 Å². The maximum absolute atomic E-state index is 9.83.